The highest BCUT2D eigenvalue weighted by molar-refractivity contribution is 9.10. The van der Waals surface area contributed by atoms with Gasteiger partial charge in [-0.3, -0.25) is 9.48 Å². The predicted octanol–water partition coefficient (Wildman–Crippen LogP) is 3.27. The van der Waals surface area contributed by atoms with Gasteiger partial charge in [-0.1, -0.05) is 11.6 Å². The van der Waals surface area contributed by atoms with Crippen LogP contribution < -0.4 is 10.1 Å². The largest absolute Gasteiger partial charge is 0.480 e. The summed E-state index contributed by atoms with van der Waals surface area (Å²) in [6.45, 7) is 3.06. The second-order valence-electron chi connectivity index (χ2n) is 4.75. The van der Waals surface area contributed by atoms with Crippen LogP contribution in [0.2, 0.25) is 5.02 Å². The molecule has 2 aromatic rings. The van der Waals surface area contributed by atoms with Gasteiger partial charge in [-0.25, -0.2) is 0 Å². The number of hydrogen-bond donors (Lipinski definition) is 1. The van der Waals surface area contributed by atoms with Crippen LogP contribution >= 0.6 is 27.5 Å². The molecule has 1 aromatic heterocycles. The Morgan fingerprint density at radius 1 is 1.55 bits per heavy atom. The van der Waals surface area contributed by atoms with E-state index >= 15 is 0 Å². The van der Waals surface area contributed by atoms with Crippen LogP contribution in [0, 0.1) is 0 Å². The fourth-order valence-corrected chi connectivity index (χ4v) is 2.62. The number of nitrogens with zero attached hydrogens (tertiary/aromatic N) is 2. The zero-order valence-electron chi connectivity index (χ0n) is 12.1. The summed E-state index contributed by atoms with van der Waals surface area (Å²) in [5, 5.41) is 7.56. The summed E-state index contributed by atoms with van der Waals surface area (Å²) in [6.07, 6.45) is 3.86. The van der Waals surface area contributed by atoms with Crippen LogP contribution in [-0.2, 0) is 11.3 Å². The first-order valence-electron chi connectivity index (χ1n) is 6.93. The van der Waals surface area contributed by atoms with Crippen molar-refractivity contribution < 1.29 is 9.53 Å². The summed E-state index contributed by atoms with van der Waals surface area (Å²) in [5.41, 5.74) is 0. The number of nitrogens with one attached hydrogen (secondary N) is 1. The van der Waals surface area contributed by atoms with E-state index in [1.165, 1.54) is 0 Å². The van der Waals surface area contributed by atoms with Crippen LogP contribution in [-0.4, -0.2) is 28.3 Å². The molecule has 0 saturated carbocycles. The van der Waals surface area contributed by atoms with E-state index in [0.717, 1.165) is 17.4 Å². The summed E-state index contributed by atoms with van der Waals surface area (Å²) >= 11 is 9.23. The number of amides is 1. The highest BCUT2D eigenvalue weighted by atomic mass is 79.9. The van der Waals surface area contributed by atoms with Gasteiger partial charge in [0.25, 0.3) is 5.91 Å². The van der Waals surface area contributed by atoms with Crippen molar-refractivity contribution in [2.75, 3.05) is 6.54 Å². The molecule has 1 aromatic carbocycles. The Morgan fingerprint density at radius 2 is 2.36 bits per heavy atom. The average molecular weight is 387 g/mol. The molecule has 1 atom stereocenters. The number of carbonyl (C=O) groups is 1. The molecule has 2 rings (SSSR count). The first kappa shape index (κ1) is 16.8. The van der Waals surface area contributed by atoms with Gasteiger partial charge >= 0.3 is 0 Å². The minimum atomic E-state index is -0.581. The van der Waals surface area contributed by atoms with Gasteiger partial charge in [0.05, 0.1) is 4.47 Å². The predicted molar refractivity (Wildman–Crippen MR) is 89.1 cm³/mol. The van der Waals surface area contributed by atoms with Gasteiger partial charge in [0.2, 0.25) is 0 Å². The molecule has 22 heavy (non-hydrogen) atoms. The highest BCUT2D eigenvalue weighted by Crippen LogP contribution is 2.28. The Hall–Kier alpha value is -1.53. The van der Waals surface area contributed by atoms with Crippen LogP contribution in [0.25, 0.3) is 0 Å². The molecule has 0 saturated heterocycles. The Kier molecular flexibility index (Phi) is 6.27. The molecule has 5 nitrogen and oxygen atoms in total. The minimum absolute atomic E-state index is 0.151. The average Bonchev–Trinajstić information content (AvgIpc) is 2.99. The van der Waals surface area contributed by atoms with E-state index in [4.69, 9.17) is 16.3 Å². The molecule has 0 bridgehead atoms. The second kappa shape index (κ2) is 8.19. The molecule has 118 valence electrons. The third kappa shape index (κ3) is 5.03. The lowest BCUT2D eigenvalue weighted by atomic mass is 10.3. The Labute approximate surface area is 142 Å². The molecule has 1 unspecified atom stereocenters. The molecule has 1 amide bonds. The standard InChI is InChI=1S/C15H17BrClN3O2/c1-11(22-14-5-4-12(17)10-13(14)16)15(21)18-6-2-8-20-9-3-7-19-20/h3-5,7,9-11H,2,6,8H2,1H3,(H,18,21). The molecule has 0 radical (unpaired) electrons. The zero-order valence-corrected chi connectivity index (χ0v) is 14.5. The molecule has 0 aliphatic heterocycles. The van der Waals surface area contributed by atoms with Crippen LogP contribution in [0.5, 0.6) is 5.75 Å². The van der Waals surface area contributed by atoms with Crippen molar-refractivity contribution >= 4 is 33.4 Å². The lowest BCUT2D eigenvalue weighted by Crippen LogP contribution is -2.37. The first-order chi connectivity index (χ1) is 10.6. The monoisotopic (exact) mass is 385 g/mol. The van der Waals surface area contributed by atoms with Crippen molar-refractivity contribution in [2.45, 2.75) is 26.0 Å². The van der Waals surface area contributed by atoms with E-state index < -0.39 is 6.10 Å². The molecule has 7 heteroatoms. The van der Waals surface area contributed by atoms with Crippen molar-refractivity contribution in [3.8, 4) is 5.75 Å². The molecule has 0 aliphatic carbocycles. The molecule has 0 spiro atoms. The number of ether oxygens (including phenoxy) is 1. The van der Waals surface area contributed by atoms with Crippen molar-refractivity contribution in [3.05, 3.63) is 46.2 Å². The Morgan fingerprint density at radius 3 is 3.05 bits per heavy atom. The number of carbonyl (C=O) groups excluding carboxylic acids is 1. The number of benzene rings is 1. The molecule has 1 heterocycles. The topological polar surface area (TPSA) is 56.1 Å². The van der Waals surface area contributed by atoms with Gasteiger partial charge in [-0.05, 0) is 53.5 Å². The lowest BCUT2D eigenvalue weighted by Gasteiger charge is -2.16. The summed E-state index contributed by atoms with van der Waals surface area (Å²) in [6, 6.07) is 7.05. The van der Waals surface area contributed by atoms with E-state index in [9.17, 15) is 4.79 Å². The third-order valence-electron chi connectivity index (χ3n) is 2.99. The number of aryl methyl sites for hydroxylation is 1. The number of hydrogen-bond acceptors (Lipinski definition) is 3. The van der Waals surface area contributed by atoms with E-state index in [0.29, 0.717) is 17.3 Å². The second-order valence-corrected chi connectivity index (χ2v) is 6.04. The van der Waals surface area contributed by atoms with Crippen molar-refractivity contribution in [1.29, 1.82) is 0 Å². The number of aromatic nitrogens is 2. The van der Waals surface area contributed by atoms with Crippen LogP contribution in [0.3, 0.4) is 0 Å². The van der Waals surface area contributed by atoms with Crippen LogP contribution in [0.1, 0.15) is 13.3 Å². The lowest BCUT2D eigenvalue weighted by molar-refractivity contribution is -0.127. The maximum Gasteiger partial charge on any atom is 0.260 e. The van der Waals surface area contributed by atoms with Gasteiger partial charge in [0.15, 0.2) is 6.10 Å². The fraction of sp³-hybridized carbons (Fsp3) is 0.333. The Bertz CT molecular complexity index is 619. The van der Waals surface area contributed by atoms with Crippen LogP contribution in [0.4, 0.5) is 0 Å². The molecular formula is C15H17BrClN3O2. The third-order valence-corrected chi connectivity index (χ3v) is 3.84. The van der Waals surface area contributed by atoms with E-state index in [1.807, 2.05) is 16.9 Å². The van der Waals surface area contributed by atoms with E-state index in [-0.39, 0.29) is 5.91 Å². The fourth-order valence-electron chi connectivity index (χ4n) is 1.84. The van der Waals surface area contributed by atoms with Crippen molar-refractivity contribution in [2.24, 2.45) is 0 Å². The van der Waals surface area contributed by atoms with Crippen LogP contribution in [0.15, 0.2) is 41.1 Å². The summed E-state index contributed by atoms with van der Waals surface area (Å²) in [4.78, 5) is 12.0. The first-order valence-corrected chi connectivity index (χ1v) is 8.10. The maximum absolute atomic E-state index is 12.0. The van der Waals surface area contributed by atoms with Gasteiger partial charge in [-0.2, -0.15) is 5.10 Å². The Balaban J connectivity index is 1.74. The molecule has 0 fully saturated rings. The quantitative estimate of drug-likeness (QED) is 0.743. The van der Waals surface area contributed by atoms with Crippen molar-refractivity contribution in [1.82, 2.24) is 15.1 Å². The molecule has 0 aliphatic rings. The maximum atomic E-state index is 12.0. The summed E-state index contributed by atoms with van der Waals surface area (Å²) in [5.74, 6) is 0.436. The minimum Gasteiger partial charge on any atom is -0.480 e. The van der Waals surface area contributed by atoms with E-state index in [1.54, 1.807) is 31.3 Å². The van der Waals surface area contributed by atoms with Crippen molar-refractivity contribution in [3.63, 3.8) is 0 Å². The highest BCUT2D eigenvalue weighted by Gasteiger charge is 2.15. The van der Waals surface area contributed by atoms with E-state index in [2.05, 4.69) is 26.3 Å². The van der Waals surface area contributed by atoms with Gasteiger partial charge < -0.3 is 10.1 Å². The SMILES string of the molecule is CC(Oc1ccc(Cl)cc1Br)C(=O)NCCCn1cccn1. The summed E-state index contributed by atoms with van der Waals surface area (Å²) in [7, 11) is 0. The zero-order chi connectivity index (χ0) is 15.9. The molecular weight excluding hydrogens is 370 g/mol. The number of rotatable bonds is 7. The number of halogens is 2. The molecule has 1 N–H and O–H groups in total. The summed E-state index contributed by atoms with van der Waals surface area (Å²) < 4.78 is 8.18. The normalized spacial score (nSPS) is 12.0. The van der Waals surface area contributed by atoms with Gasteiger partial charge in [0.1, 0.15) is 5.75 Å². The van der Waals surface area contributed by atoms with Gasteiger partial charge in [0, 0.05) is 30.5 Å². The van der Waals surface area contributed by atoms with Gasteiger partial charge in [-0.15, -0.1) is 0 Å². The smallest absolute Gasteiger partial charge is 0.260 e.